The van der Waals surface area contributed by atoms with Crippen LogP contribution in [0, 0.1) is 0 Å². The zero-order valence-corrected chi connectivity index (χ0v) is 7.21. The first-order valence-electron chi connectivity index (χ1n) is 3.45. The molecule has 0 aromatic carbocycles. The summed E-state index contributed by atoms with van der Waals surface area (Å²) in [5.74, 6) is 0. The van der Waals surface area contributed by atoms with Gasteiger partial charge in [-0.1, -0.05) is 11.6 Å². The Morgan fingerprint density at radius 1 is 1.58 bits per heavy atom. The van der Waals surface area contributed by atoms with Crippen molar-refractivity contribution in [3.05, 3.63) is 23.9 Å². The van der Waals surface area contributed by atoms with Gasteiger partial charge < -0.3 is 4.57 Å². The number of nitrogens with zero attached hydrogens (tertiary/aromatic N) is 3. The maximum Gasteiger partial charge on any atom is 0.155 e. The van der Waals surface area contributed by atoms with Crippen molar-refractivity contribution in [3.63, 3.8) is 0 Å². The van der Waals surface area contributed by atoms with E-state index in [0.29, 0.717) is 5.15 Å². The number of imidazole rings is 1. The van der Waals surface area contributed by atoms with Gasteiger partial charge in [0.05, 0.1) is 18.2 Å². The third-order valence-corrected chi connectivity index (χ3v) is 1.94. The minimum absolute atomic E-state index is 0.499. The van der Waals surface area contributed by atoms with Crippen LogP contribution in [0.3, 0.4) is 0 Å². The zero-order valence-electron chi connectivity index (χ0n) is 6.45. The fraction of sp³-hybridized carbons (Fsp3) is 0.143. The summed E-state index contributed by atoms with van der Waals surface area (Å²) in [5.41, 5.74) is 1.82. The largest absolute Gasteiger partial charge is 0.332 e. The number of aromatic amines is 1. The number of halogens is 1. The van der Waals surface area contributed by atoms with E-state index in [1.807, 2.05) is 11.6 Å². The Kier molecular flexibility index (Phi) is 1.62. The highest BCUT2D eigenvalue weighted by Crippen LogP contribution is 2.24. The standard InChI is InChI=1S/C7H7ClN4/c1-12-4-9-7(8)6(12)5-2-10-11-3-5/h2-4H,1H3,(H,10,11). The minimum Gasteiger partial charge on any atom is -0.332 e. The topological polar surface area (TPSA) is 46.5 Å². The molecule has 4 nitrogen and oxygen atoms in total. The van der Waals surface area contributed by atoms with Crippen LogP contribution in [-0.2, 0) is 7.05 Å². The Morgan fingerprint density at radius 2 is 2.42 bits per heavy atom. The first kappa shape index (κ1) is 7.36. The molecule has 2 aromatic heterocycles. The minimum atomic E-state index is 0.499. The lowest BCUT2D eigenvalue weighted by Gasteiger charge is -1.97. The summed E-state index contributed by atoms with van der Waals surface area (Å²) in [6, 6.07) is 0. The molecule has 2 rings (SSSR count). The van der Waals surface area contributed by atoms with Gasteiger partial charge in [-0.15, -0.1) is 0 Å². The molecule has 0 spiro atoms. The van der Waals surface area contributed by atoms with Crippen LogP contribution in [0.15, 0.2) is 18.7 Å². The highest BCUT2D eigenvalue weighted by atomic mass is 35.5. The van der Waals surface area contributed by atoms with Crippen LogP contribution in [0.5, 0.6) is 0 Å². The van der Waals surface area contributed by atoms with Crippen molar-refractivity contribution in [2.24, 2.45) is 7.05 Å². The summed E-state index contributed by atoms with van der Waals surface area (Å²) < 4.78 is 1.85. The molecule has 62 valence electrons. The number of hydrogen-bond acceptors (Lipinski definition) is 2. The van der Waals surface area contributed by atoms with Gasteiger partial charge in [-0.2, -0.15) is 5.10 Å². The van der Waals surface area contributed by atoms with Gasteiger partial charge in [0.1, 0.15) is 0 Å². The van der Waals surface area contributed by atoms with E-state index in [0.717, 1.165) is 11.3 Å². The summed E-state index contributed by atoms with van der Waals surface area (Å²) in [6.45, 7) is 0. The Balaban J connectivity index is 2.60. The first-order chi connectivity index (χ1) is 5.79. The molecule has 0 saturated heterocycles. The lowest BCUT2D eigenvalue weighted by Crippen LogP contribution is -1.87. The number of aromatic nitrogens is 4. The van der Waals surface area contributed by atoms with E-state index in [1.165, 1.54) is 0 Å². The Morgan fingerprint density at radius 3 is 2.92 bits per heavy atom. The number of rotatable bonds is 1. The second-order valence-electron chi connectivity index (χ2n) is 2.48. The Bertz CT molecular complexity index is 357. The van der Waals surface area contributed by atoms with Crippen LogP contribution in [0.4, 0.5) is 0 Å². The predicted octanol–water partition coefficient (Wildman–Crippen LogP) is 1.46. The molecule has 0 aliphatic heterocycles. The van der Waals surface area contributed by atoms with Crippen LogP contribution < -0.4 is 0 Å². The highest BCUT2D eigenvalue weighted by Gasteiger charge is 2.08. The van der Waals surface area contributed by atoms with Gasteiger partial charge >= 0.3 is 0 Å². The molecule has 2 heterocycles. The molecular weight excluding hydrogens is 176 g/mol. The van der Waals surface area contributed by atoms with Gasteiger partial charge in [-0.25, -0.2) is 4.98 Å². The fourth-order valence-electron chi connectivity index (χ4n) is 1.10. The van der Waals surface area contributed by atoms with Crippen molar-refractivity contribution in [1.29, 1.82) is 0 Å². The molecule has 2 aromatic rings. The quantitative estimate of drug-likeness (QED) is 0.726. The van der Waals surface area contributed by atoms with Crippen molar-refractivity contribution in [2.75, 3.05) is 0 Å². The molecule has 0 aliphatic carbocycles. The van der Waals surface area contributed by atoms with E-state index < -0.39 is 0 Å². The van der Waals surface area contributed by atoms with Gasteiger partial charge in [0, 0.05) is 18.8 Å². The van der Waals surface area contributed by atoms with Crippen LogP contribution in [0.25, 0.3) is 11.3 Å². The summed E-state index contributed by atoms with van der Waals surface area (Å²) in [6.07, 6.45) is 5.16. The van der Waals surface area contributed by atoms with Gasteiger partial charge in [0.15, 0.2) is 5.15 Å². The van der Waals surface area contributed by atoms with Crippen molar-refractivity contribution < 1.29 is 0 Å². The molecule has 12 heavy (non-hydrogen) atoms. The van der Waals surface area contributed by atoms with E-state index in [1.54, 1.807) is 18.7 Å². The van der Waals surface area contributed by atoms with Crippen molar-refractivity contribution in [2.45, 2.75) is 0 Å². The van der Waals surface area contributed by atoms with E-state index in [-0.39, 0.29) is 0 Å². The molecule has 0 aliphatic rings. The molecule has 5 heteroatoms. The fourth-order valence-corrected chi connectivity index (χ4v) is 1.39. The average Bonchev–Trinajstić information content (AvgIpc) is 2.61. The molecule has 0 saturated carbocycles. The van der Waals surface area contributed by atoms with Crippen molar-refractivity contribution in [1.82, 2.24) is 19.7 Å². The monoisotopic (exact) mass is 182 g/mol. The lowest BCUT2D eigenvalue weighted by molar-refractivity contribution is 0.921. The Hall–Kier alpha value is -1.29. The molecule has 1 N–H and O–H groups in total. The van der Waals surface area contributed by atoms with E-state index in [2.05, 4.69) is 15.2 Å². The molecule has 0 fully saturated rings. The molecule has 0 atom stereocenters. The number of nitrogens with one attached hydrogen (secondary N) is 1. The van der Waals surface area contributed by atoms with E-state index in [9.17, 15) is 0 Å². The van der Waals surface area contributed by atoms with Gasteiger partial charge in [-0.05, 0) is 0 Å². The number of aryl methyl sites for hydroxylation is 1. The summed E-state index contributed by atoms with van der Waals surface area (Å²) in [5, 5.41) is 7.06. The van der Waals surface area contributed by atoms with Gasteiger partial charge in [0.25, 0.3) is 0 Å². The highest BCUT2D eigenvalue weighted by molar-refractivity contribution is 6.31. The molecular formula is C7H7ClN4. The van der Waals surface area contributed by atoms with Gasteiger partial charge in [0.2, 0.25) is 0 Å². The van der Waals surface area contributed by atoms with Crippen LogP contribution in [0.1, 0.15) is 0 Å². The third-order valence-electron chi connectivity index (χ3n) is 1.66. The molecule has 0 bridgehead atoms. The normalized spacial score (nSPS) is 10.5. The Labute approximate surface area is 74.2 Å². The summed E-state index contributed by atoms with van der Waals surface area (Å²) in [7, 11) is 1.89. The van der Waals surface area contributed by atoms with Gasteiger partial charge in [-0.3, -0.25) is 5.10 Å². The molecule has 0 unspecified atom stereocenters. The lowest BCUT2D eigenvalue weighted by atomic mass is 10.3. The average molecular weight is 183 g/mol. The van der Waals surface area contributed by atoms with Crippen molar-refractivity contribution >= 4 is 11.6 Å². The van der Waals surface area contributed by atoms with E-state index >= 15 is 0 Å². The van der Waals surface area contributed by atoms with Crippen LogP contribution >= 0.6 is 11.6 Å². The summed E-state index contributed by atoms with van der Waals surface area (Å²) in [4.78, 5) is 3.96. The second kappa shape index (κ2) is 2.64. The molecule has 0 radical (unpaired) electrons. The summed E-state index contributed by atoms with van der Waals surface area (Å²) >= 11 is 5.86. The number of hydrogen-bond donors (Lipinski definition) is 1. The maximum atomic E-state index is 5.86. The smallest absolute Gasteiger partial charge is 0.155 e. The second-order valence-corrected chi connectivity index (χ2v) is 2.84. The third kappa shape index (κ3) is 1.00. The van der Waals surface area contributed by atoms with E-state index in [4.69, 9.17) is 11.6 Å². The first-order valence-corrected chi connectivity index (χ1v) is 3.83. The number of H-pyrrole nitrogens is 1. The van der Waals surface area contributed by atoms with Crippen LogP contribution in [0.2, 0.25) is 5.15 Å². The van der Waals surface area contributed by atoms with Crippen LogP contribution in [-0.4, -0.2) is 19.7 Å². The SMILES string of the molecule is Cn1cnc(Cl)c1-c1cn[nH]c1. The maximum absolute atomic E-state index is 5.86. The molecule has 0 amide bonds. The zero-order chi connectivity index (χ0) is 8.55. The van der Waals surface area contributed by atoms with Crippen molar-refractivity contribution in [3.8, 4) is 11.3 Å². The predicted molar refractivity (Wildman–Crippen MR) is 45.8 cm³/mol.